The smallest absolute Gasteiger partial charge is 0.410 e. The molecule has 1 aromatic carbocycles. The molecule has 0 saturated carbocycles. The Bertz CT molecular complexity index is 632. The van der Waals surface area contributed by atoms with E-state index in [1.165, 1.54) is 11.3 Å². The number of rotatable bonds is 4. The van der Waals surface area contributed by atoms with Crippen molar-refractivity contribution >= 4 is 17.5 Å². The molecular weight excluding hydrogens is 330 g/mol. The highest BCUT2D eigenvalue weighted by atomic mass is 16.6. The first-order chi connectivity index (χ1) is 12.2. The molecule has 1 aliphatic heterocycles. The third-order valence-electron chi connectivity index (χ3n) is 4.85. The van der Waals surface area contributed by atoms with Crippen LogP contribution in [0.1, 0.15) is 46.1 Å². The van der Waals surface area contributed by atoms with Gasteiger partial charge in [0.15, 0.2) is 0 Å². The summed E-state index contributed by atoms with van der Waals surface area (Å²) in [6.07, 6.45) is 2.48. The zero-order valence-electron chi connectivity index (χ0n) is 17.0. The Morgan fingerprint density at radius 1 is 1.31 bits per heavy atom. The van der Waals surface area contributed by atoms with Gasteiger partial charge < -0.3 is 25.0 Å². The van der Waals surface area contributed by atoms with Crippen molar-refractivity contribution in [2.75, 3.05) is 37.9 Å². The third-order valence-corrected chi connectivity index (χ3v) is 4.85. The predicted molar refractivity (Wildman–Crippen MR) is 106 cm³/mol. The Kier molecular flexibility index (Phi) is 6.26. The molecule has 0 bridgehead atoms. The monoisotopic (exact) mass is 363 g/mol. The summed E-state index contributed by atoms with van der Waals surface area (Å²) < 4.78 is 10.9. The maximum Gasteiger partial charge on any atom is 0.410 e. The van der Waals surface area contributed by atoms with Crippen LogP contribution in [0.4, 0.5) is 16.2 Å². The number of amides is 1. The molecule has 146 valence electrons. The Balaban J connectivity index is 2.05. The van der Waals surface area contributed by atoms with Gasteiger partial charge in [0, 0.05) is 37.9 Å². The highest BCUT2D eigenvalue weighted by Gasteiger charge is 2.29. The van der Waals surface area contributed by atoms with Gasteiger partial charge in [-0.1, -0.05) is 6.92 Å². The van der Waals surface area contributed by atoms with Crippen LogP contribution in [0.15, 0.2) is 12.1 Å². The van der Waals surface area contributed by atoms with Crippen molar-refractivity contribution in [1.29, 1.82) is 0 Å². The van der Waals surface area contributed by atoms with Crippen molar-refractivity contribution < 1.29 is 14.3 Å². The molecule has 0 unspecified atom stereocenters. The van der Waals surface area contributed by atoms with Crippen LogP contribution in [0.5, 0.6) is 5.75 Å². The molecule has 0 atom stereocenters. The molecule has 1 saturated heterocycles. The minimum Gasteiger partial charge on any atom is -0.495 e. The van der Waals surface area contributed by atoms with Crippen molar-refractivity contribution in [1.82, 2.24) is 4.90 Å². The van der Waals surface area contributed by atoms with Crippen LogP contribution in [0, 0.1) is 0 Å². The number of carbonyl (C=O) groups is 1. The summed E-state index contributed by atoms with van der Waals surface area (Å²) in [6, 6.07) is 4.24. The van der Waals surface area contributed by atoms with Gasteiger partial charge in [0.25, 0.3) is 0 Å². The van der Waals surface area contributed by atoms with Gasteiger partial charge >= 0.3 is 6.09 Å². The summed E-state index contributed by atoms with van der Waals surface area (Å²) in [7, 11) is 3.47. The number of hydrogen-bond donors (Lipinski definition) is 1. The van der Waals surface area contributed by atoms with E-state index in [1.54, 1.807) is 12.0 Å². The molecule has 26 heavy (non-hydrogen) atoms. The lowest BCUT2D eigenvalue weighted by molar-refractivity contribution is 0.0201. The highest BCUT2D eigenvalue weighted by molar-refractivity contribution is 5.69. The van der Waals surface area contributed by atoms with Crippen LogP contribution >= 0.6 is 0 Å². The third kappa shape index (κ3) is 4.74. The van der Waals surface area contributed by atoms with E-state index in [0.29, 0.717) is 11.4 Å². The number of carbonyl (C=O) groups excluding carboxylic acids is 1. The quantitative estimate of drug-likeness (QED) is 0.827. The van der Waals surface area contributed by atoms with Crippen molar-refractivity contribution in [3.63, 3.8) is 0 Å². The lowest BCUT2D eigenvalue weighted by Gasteiger charge is -2.39. The van der Waals surface area contributed by atoms with Crippen molar-refractivity contribution in [2.45, 2.75) is 58.6 Å². The van der Waals surface area contributed by atoms with E-state index in [9.17, 15) is 4.79 Å². The Hall–Kier alpha value is -2.11. The summed E-state index contributed by atoms with van der Waals surface area (Å²) in [5.74, 6) is 0.713. The maximum absolute atomic E-state index is 12.3. The van der Waals surface area contributed by atoms with Gasteiger partial charge in [-0.2, -0.15) is 0 Å². The molecule has 1 fully saturated rings. The standard InChI is InChI=1S/C20H33N3O3/c1-7-14-12-16(21)18(25-6)13-17(14)23-10-8-15(9-11-23)22(5)19(24)26-20(2,3)4/h12-13,15H,7-11,21H2,1-6H3. The highest BCUT2D eigenvalue weighted by Crippen LogP contribution is 2.34. The molecule has 2 rings (SSSR count). The van der Waals surface area contributed by atoms with Gasteiger partial charge in [-0.25, -0.2) is 4.79 Å². The largest absolute Gasteiger partial charge is 0.495 e. The SMILES string of the molecule is CCc1cc(N)c(OC)cc1N1CCC(N(C)C(=O)OC(C)(C)C)CC1. The van der Waals surface area contributed by atoms with Crippen LogP contribution in [0.2, 0.25) is 0 Å². The number of nitrogen functional groups attached to an aromatic ring is 1. The fraction of sp³-hybridized carbons (Fsp3) is 0.650. The molecule has 6 nitrogen and oxygen atoms in total. The number of piperidine rings is 1. The summed E-state index contributed by atoms with van der Waals surface area (Å²) in [5, 5.41) is 0. The first-order valence-electron chi connectivity index (χ1n) is 9.33. The second kappa shape index (κ2) is 8.06. The summed E-state index contributed by atoms with van der Waals surface area (Å²) in [6.45, 7) is 9.58. The lowest BCUT2D eigenvalue weighted by Crippen LogP contribution is -2.47. The fourth-order valence-corrected chi connectivity index (χ4v) is 3.36. The number of methoxy groups -OCH3 is 1. The molecule has 1 heterocycles. The molecule has 1 aromatic rings. The topological polar surface area (TPSA) is 68.0 Å². The van der Waals surface area contributed by atoms with Gasteiger partial charge in [-0.3, -0.25) is 0 Å². The molecule has 0 aliphatic carbocycles. The minimum absolute atomic E-state index is 0.196. The number of anilines is 2. The van der Waals surface area contributed by atoms with Crippen LogP contribution in [-0.2, 0) is 11.2 Å². The summed E-state index contributed by atoms with van der Waals surface area (Å²) >= 11 is 0. The average molecular weight is 364 g/mol. The maximum atomic E-state index is 12.3. The van der Waals surface area contributed by atoms with E-state index >= 15 is 0 Å². The van der Waals surface area contributed by atoms with Gasteiger partial charge in [0.1, 0.15) is 11.4 Å². The van der Waals surface area contributed by atoms with E-state index < -0.39 is 5.60 Å². The fourth-order valence-electron chi connectivity index (χ4n) is 3.36. The molecule has 1 amide bonds. The molecule has 6 heteroatoms. The van der Waals surface area contributed by atoms with E-state index in [2.05, 4.69) is 11.8 Å². The average Bonchev–Trinajstić information content (AvgIpc) is 2.59. The van der Waals surface area contributed by atoms with Gasteiger partial charge in [0.05, 0.1) is 12.8 Å². The normalized spacial score (nSPS) is 15.7. The number of ether oxygens (including phenoxy) is 2. The summed E-state index contributed by atoms with van der Waals surface area (Å²) in [4.78, 5) is 16.4. The molecule has 0 aromatic heterocycles. The number of nitrogens with zero attached hydrogens (tertiary/aromatic N) is 2. The van der Waals surface area contributed by atoms with Crippen LogP contribution in [-0.4, -0.2) is 49.9 Å². The molecule has 2 N–H and O–H groups in total. The van der Waals surface area contributed by atoms with Gasteiger partial charge in [-0.15, -0.1) is 0 Å². The molecule has 0 radical (unpaired) electrons. The first kappa shape index (κ1) is 20.2. The van der Waals surface area contributed by atoms with E-state index in [-0.39, 0.29) is 12.1 Å². The number of hydrogen-bond acceptors (Lipinski definition) is 5. The minimum atomic E-state index is -0.470. The number of nitrogens with two attached hydrogens (primary N) is 1. The van der Waals surface area contributed by atoms with Crippen LogP contribution in [0.3, 0.4) is 0 Å². The van der Waals surface area contributed by atoms with E-state index in [4.69, 9.17) is 15.2 Å². The molecule has 1 aliphatic rings. The first-order valence-corrected chi connectivity index (χ1v) is 9.33. The zero-order valence-corrected chi connectivity index (χ0v) is 17.0. The van der Waals surface area contributed by atoms with E-state index in [0.717, 1.165) is 32.4 Å². The Morgan fingerprint density at radius 3 is 2.42 bits per heavy atom. The number of aryl methyl sites for hydroxylation is 1. The summed E-state index contributed by atoms with van der Waals surface area (Å²) in [5.41, 5.74) is 8.66. The van der Waals surface area contributed by atoms with Crippen LogP contribution in [0.25, 0.3) is 0 Å². The van der Waals surface area contributed by atoms with Gasteiger partial charge in [0.2, 0.25) is 0 Å². The van der Waals surface area contributed by atoms with Crippen molar-refractivity contribution in [3.05, 3.63) is 17.7 Å². The van der Waals surface area contributed by atoms with E-state index in [1.807, 2.05) is 40.0 Å². The predicted octanol–water partition coefficient (Wildman–Crippen LogP) is 3.68. The van der Waals surface area contributed by atoms with Crippen molar-refractivity contribution in [2.24, 2.45) is 0 Å². The Labute approximate surface area is 157 Å². The zero-order chi connectivity index (χ0) is 19.5. The second-order valence-electron chi connectivity index (χ2n) is 7.89. The second-order valence-corrected chi connectivity index (χ2v) is 7.89. The molecular formula is C20H33N3O3. The van der Waals surface area contributed by atoms with Gasteiger partial charge in [-0.05, 0) is 51.7 Å². The number of benzene rings is 1. The molecule has 0 spiro atoms. The Morgan fingerprint density at radius 2 is 1.92 bits per heavy atom. The van der Waals surface area contributed by atoms with Crippen molar-refractivity contribution in [3.8, 4) is 5.75 Å². The van der Waals surface area contributed by atoms with Crippen LogP contribution < -0.4 is 15.4 Å². The lowest BCUT2D eigenvalue weighted by atomic mass is 10.0.